The molecule has 1 atom stereocenters. The summed E-state index contributed by atoms with van der Waals surface area (Å²) in [7, 11) is 0. The highest BCUT2D eigenvalue weighted by Gasteiger charge is 2.24. The van der Waals surface area contributed by atoms with Crippen LogP contribution in [0.3, 0.4) is 0 Å². The molecular formula is C18H19Cl2NO3S. The van der Waals surface area contributed by atoms with Crippen molar-refractivity contribution in [2.24, 2.45) is 0 Å². The normalized spacial score (nSPS) is 17.7. The van der Waals surface area contributed by atoms with Crippen molar-refractivity contribution >= 4 is 40.4 Å². The van der Waals surface area contributed by atoms with Gasteiger partial charge in [-0.3, -0.25) is 4.79 Å². The number of nitrogens with zero attached hydrogens (tertiary/aromatic N) is 1. The second-order valence-corrected chi connectivity index (χ2v) is 7.45. The number of rotatable bonds is 6. The fraction of sp³-hybridized carbons (Fsp3) is 0.389. The number of morpholine rings is 1. The maximum Gasteiger partial charge on any atom is 0.227 e. The van der Waals surface area contributed by atoms with Gasteiger partial charge in [0.1, 0.15) is 0 Å². The standard InChI is InChI=1S/C18H19Cl2NO3S/c19-16-2-1-3-17(20)15(16)11-23-10-14-9-21(5-6-24-14)18(22)8-13-4-7-25-12-13/h1-4,7,12,14H,5-6,8-11H2. The van der Waals surface area contributed by atoms with Crippen LogP contribution in [0.5, 0.6) is 0 Å². The molecule has 1 aliphatic rings. The van der Waals surface area contributed by atoms with Gasteiger partial charge in [0.25, 0.3) is 0 Å². The molecule has 1 aromatic carbocycles. The van der Waals surface area contributed by atoms with Gasteiger partial charge in [0.05, 0.1) is 32.3 Å². The van der Waals surface area contributed by atoms with E-state index in [0.717, 1.165) is 11.1 Å². The molecule has 1 amide bonds. The first-order valence-electron chi connectivity index (χ1n) is 8.04. The molecule has 2 heterocycles. The summed E-state index contributed by atoms with van der Waals surface area (Å²) in [5.74, 6) is 0.126. The molecule has 1 saturated heterocycles. The molecule has 0 saturated carbocycles. The SMILES string of the molecule is O=C(Cc1ccsc1)N1CCOC(COCc2c(Cl)cccc2Cl)C1. The second-order valence-electron chi connectivity index (χ2n) is 5.86. The summed E-state index contributed by atoms with van der Waals surface area (Å²) in [6, 6.07) is 7.36. The van der Waals surface area contributed by atoms with Crippen molar-refractivity contribution in [1.29, 1.82) is 0 Å². The van der Waals surface area contributed by atoms with E-state index in [1.54, 1.807) is 29.5 Å². The highest BCUT2D eigenvalue weighted by molar-refractivity contribution is 7.08. The highest BCUT2D eigenvalue weighted by Crippen LogP contribution is 2.25. The maximum absolute atomic E-state index is 12.4. The number of halogens is 2. The first kappa shape index (κ1) is 18.7. The van der Waals surface area contributed by atoms with Crippen molar-refractivity contribution in [3.8, 4) is 0 Å². The zero-order valence-electron chi connectivity index (χ0n) is 13.6. The molecule has 1 fully saturated rings. The first-order valence-corrected chi connectivity index (χ1v) is 9.74. The summed E-state index contributed by atoms with van der Waals surface area (Å²) in [5, 5.41) is 5.17. The fourth-order valence-electron chi connectivity index (χ4n) is 2.69. The average Bonchev–Trinajstić information content (AvgIpc) is 3.11. The Morgan fingerprint density at radius 1 is 1.32 bits per heavy atom. The third-order valence-corrected chi connectivity index (χ3v) is 5.48. The molecule has 3 rings (SSSR count). The Kier molecular flexibility index (Phi) is 6.73. The first-order chi connectivity index (χ1) is 12.1. The van der Waals surface area contributed by atoms with Gasteiger partial charge in [-0.05, 0) is 34.5 Å². The Balaban J connectivity index is 1.47. The van der Waals surface area contributed by atoms with Gasteiger partial charge in [0.2, 0.25) is 5.91 Å². The Bertz CT molecular complexity index is 688. The second kappa shape index (κ2) is 9.01. The molecule has 4 nitrogen and oxygen atoms in total. The van der Waals surface area contributed by atoms with Gasteiger partial charge in [0.15, 0.2) is 0 Å². The van der Waals surface area contributed by atoms with E-state index in [1.165, 1.54) is 0 Å². The Morgan fingerprint density at radius 3 is 2.84 bits per heavy atom. The number of hydrogen-bond acceptors (Lipinski definition) is 4. The van der Waals surface area contributed by atoms with Crippen LogP contribution in [0.15, 0.2) is 35.0 Å². The smallest absolute Gasteiger partial charge is 0.227 e. The number of amides is 1. The minimum absolute atomic E-state index is 0.126. The molecule has 0 bridgehead atoms. The zero-order chi connectivity index (χ0) is 17.6. The monoisotopic (exact) mass is 399 g/mol. The number of ether oxygens (including phenoxy) is 2. The van der Waals surface area contributed by atoms with Crippen LogP contribution >= 0.6 is 34.5 Å². The van der Waals surface area contributed by atoms with E-state index in [0.29, 0.717) is 49.4 Å². The average molecular weight is 400 g/mol. The van der Waals surface area contributed by atoms with Crippen molar-refractivity contribution in [3.63, 3.8) is 0 Å². The number of thiophene rings is 1. The number of benzene rings is 1. The molecule has 7 heteroatoms. The predicted molar refractivity (Wildman–Crippen MR) is 100 cm³/mol. The third kappa shape index (κ3) is 5.19. The van der Waals surface area contributed by atoms with Crippen LogP contribution in [0, 0.1) is 0 Å². The van der Waals surface area contributed by atoms with E-state index in [1.807, 2.05) is 21.7 Å². The Labute approximate surface area is 161 Å². The van der Waals surface area contributed by atoms with Crippen LogP contribution in [-0.2, 0) is 27.3 Å². The van der Waals surface area contributed by atoms with Crippen molar-refractivity contribution in [2.45, 2.75) is 19.1 Å². The molecule has 0 radical (unpaired) electrons. The molecule has 1 unspecified atom stereocenters. The van der Waals surface area contributed by atoms with Crippen LogP contribution in [0.2, 0.25) is 10.0 Å². The van der Waals surface area contributed by atoms with Crippen LogP contribution in [0.4, 0.5) is 0 Å². The van der Waals surface area contributed by atoms with Gasteiger partial charge < -0.3 is 14.4 Å². The molecule has 1 aliphatic heterocycles. The summed E-state index contributed by atoms with van der Waals surface area (Å²) >= 11 is 13.9. The van der Waals surface area contributed by atoms with Crippen molar-refractivity contribution in [3.05, 3.63) is 56.2 Å². The van der Waals surface area contributed by atoms with Gasteiger partial charge >= 0.3 is 0 Å². The number of carbonyl (C=O) groups is 1. The fourth-order valence-corrected chi connectivity index (χ4v) is 3.86. The van der Waals surface area contributed by atoms with Gasteiger partial charge in [-0.2, -0.15) is 11.3 Å². The number of hydrogen-bond donors (Lipinski definition) is 0. The van der Waals surface area contributed by atoms with Crippen LogP contribution in [-0.4, -0.2) is 43.2 Å². The summed E-state index contributed by atoms with van der Waals surface area (Å²) in [6.45, 7) is 2.40. The lowest BCUT2D eigenvalue weighted by molar-refractivity contribution is -0.140. The van der Waals surface area contributed by atoms with E-state index in [-0.39, 0.29) is 12.0 Å². The molecule has 0 aliphatic carbocycles. The van der Waals surface area contributed by atoms with Crippen molar-refractivity contribution < 1.29 is 14.3 Å². The van der Waals surface area contributed by atoms with Crippen molar-refractivity contribution in [1.82, 2.24) is 4.90 Å². The van der Waals surface area contributed by atoms with E-state index in [4.69, 9.17) is 32.7 Å². The van der Waals surface area contributed by atoms with E-state index in [9.17, 15) is 4.79 Å². The topological polar surface area (TPSA) is 38.8 Å². The van der Waals surface area contributed by atoms with Gasteiger partial charge in [0, 0.05) is 28.7 Å². The minimum Gasteiger partial charge on any atom is -0.374 e. The molecule has 0 N–H and O–H groups in total. The Hall–Kier alpha value is -1.11. The van der Waals surface area contributed by atoms with Gasteiger partial charge in [-0.1, -0.05) is 29.3 Å². The predicted octanol–water partition coefficient (Wildman–Crippen LogP) is 4.04. The lowest BCUT2D eigenvalue weighted by atomic mass is 10.2. The van der Waals surface area contributed by atoms with Gasteiger partial charge in [-0.15, -0.1) is 0 Å². The van der Waals surface area contributed by atoms with Crippen molar-refractivity contribution in [2.75, 3.05) is 26.3 Å². The van der Waals surface area contributed by atoms with E-state index >= 15 is 0 Å². The number of carbonyl (C=O) groups excluding carboxylic acids is 1. The lowest BCUT2D eigenvalue weighted by Crippen LogP contribution is -2.47. The van der Waals surface area contributed by atoms with Crippen LogP contribution < -0.4 is 0 Å². The Morgan fingerprint density at radius 2 is 2.12 bits per heavy atom. The lowest BCUT2D eigenvalue weighted by Gasteiger charge is -2.33. The quantitative estimate of drug-likeness (QED) is 0.735. The third-order valence-electron chi connectivity index (χ3n) is 4.04. The minimum atomic E-state index is -0.138. The molecular weight excluding hydrogens is 381 g/mol. The summed E-state index contributed by atoms with van der Waals surface area (Å²) in [4.78, 5) is 14.2. The largest absolute Gasteiger partial charge is 0.374 e. The molecule has 0 spiro atoms. The zero-order valence-corrected chi connectivity index (χ0v) is 15.9. The highest BCUT2D eigenvalue weighted by atomic mass is 35.5. The molecule has 134 valence electrons. The molecule has 1 aromatic heterocycles. The molecule has 25 heavy (non-hydrogen) atoms. The molecule has 2 aromatic rings. The van der Waals surface area contributed by atoms with Gasteiger partial charge in [-0.25, -0.2) is 0 Å². The summed E-state index contributed by atoms with van der Waals surface area (Å²) in [5.41, 5.74) is 1.83. The maximum atomic E-state index is 12.4. The van der Waals surface area contributed by atoms with Crippen LogP contribution in [0.1, 0.15) is 11.1 Å². The summed E-state index contributed by atoms with van der Waals surface area (Å²) < 4.78 is 11.4. The van der Waals surface area contributed by atoms with E-state index < -0.39 is 0 Å². The van der Waals surface area contributed by atoms with E-state index in [2.05, 4.69) is 0 Å². The summed E-state index contributed by atoms with van der Waals surface area (Å²) in [6.07, 6.45) is 0.299. The van der Waals surface area contributed by atoms with Crippen LogP contribution in [0.25, 0.3) is 0 Å².